The topological polar surface area (TPSA) is 70.1 Å². The zero-order chi connectivity index (χ0) is 24.7. The van der Waals surface area contributed by atoms with E-state index in [4.69, 9.17) is 4.74 Å². The van der Waals surface area contributed by atoms with Gasteiger partial charge in [-0.3, -0.25) is 9.69 Å². The van der Waals surface area contributed by atoms with Gasteiger partial charge in [-0.05, 0) is 69.1 Å². The second-order valence-corrected chi connectivity index (χ2v) is 10.0. The van der Waals surface area contributed by atoms with Gasteiger partial charge in [-0.1, -0.05) is 53.4 Å². The fourth-order valence-electron chi connectivity index (χ4n) is 5.28. The molecular formula is C27H52N2O4. The Hall–Kier alpha value is -1.14. The van der Waals surface area contributed by atoms with Crippen molar-refractivity contribution in [3.05, 3.63) is 0 Å². The molecule has 0 atom stereocenters. The molecule has 1 aliphatic heterocycles. The molecule has 0 saturated carbocycles. The molecule has 0 aromatic carbocycles. The highest BCUT2D eigenvalue weighted by Crippen LogP contribution is 2.37. The van der Waals surface area contributed by atoms with Gasteiger partial charge in [0.1, 0.15) is 6.54 Å². The van der Waals surface area contributed by atoms with Gasteiger partial charge in [0.2, 0.25) is 5.91 Å². The van der Waals surface area contributed by atoms with Gasteiger partial charge in [0.15, 0.2) is 0 Å². The molecule has 0 aliphatic carbocycles. The van der Waals surface area contributed by atoms with Crippen LogP contribution in [0.15, 0.2) is 0 Å². The molecule has 0 spiro atoms. The molecule has 0 bridgehead atoms. The van der Waals surface area contributed by atoms with Crippen molar-refractivity contribution < 1.29 is 19.4 Å². The third kappa shape index (κ3) is 9.20. The first-order valence-electron chi connectivity index (χ1n) is 13.6. The summed E-state index contributed by atoms with van der Waals surface area (Å²) in [5.74, 6) is -0.0528. The van der Waals surface area contributed by atoms with Crippen molar-refractivity contribution in [3.8, 4) is 0 Å². The van der Waals surface area contributed by atoms with Crippen molar-refractivity contribution in [2.75, 3.05) is 39.5 Å². The largest absolute Gasteiger partial charge is 0.396 e. The highest BCUT2D eigenvalue weighted by atomic mass is 16.5. The number of aliphatic hydroxyl groups excluding tert-OH is 1. The predicted molar refractivity (Wildman–Crippen MR) is 135 cm³/mol. The molecule has 1 rings (SSSR count). The molecule has 1 saturated heterocycles. The van der Waals surface area contributed by atoms with Crippen molar-refractivity contribution in [1.82, 2.24) is 9.80 Å². The monoisotopic (exact) mass is 468 g/mol. The lowest BCUT2D eigenvalue weighted by molar-refractivity contribution is -0.126. The average Bonchev–Trinajstić information content (AvgIpc) is 3.11. The summed E-state index contributed by atoms with van der Waals surface area (Å²) >= 11 is 0. The first kappa shape index (κ1) is 29.9. The number of ether oxygens (including phenoxy) is 1. The Bertz CT molecular complexity index is 558. The lowest BCUT2D eigenvalue weighted by Crippen LogP contribution is -2.41. The van der Waals surface area contributed by atoms with Crippen molar-refractivity contribution >= 4 is 11.9 Å². The van der Waals surface area contributed by atoms with E-state index in [2.05, 4.69) is 27.7 Å². The summed E-state index contributed by atoms with van der Waals surface area (Å²) in [7, 11) is 0. The molecule has 33 heavy (non-hydrogen) atoms. The molecule has 194 valence electrons. The number of rotatable bonds is 20. The van der Waals surface area contributed by atoms with E-state index in [9.17, 15) is 14.7 Å². The van der Waals surface area contributed by atoms with Crippen LogP contribution in [0, 0.1) is 10.8 Å². The third-order valence-electron chi connectivity index (χ3n) is 8.36. The summed E-state index contributed by atoms with van der Waals surface area (Å²) in [5.41, 5.74) is 0.395. The van der Waals surface area contributed by atoms with Crippen LogP contribution in [0.4, 0.5) is 4.79 Å². The van der Waals surface area contributed by atoms with E-state index in [0.717, 1.165) is 64.6 Å². The van der Waals surface area contributed by atoms with Crippen LogP contribution in [0.3, 0.4) is 0 Å². The average molecular weight is 469 g/mol. The SMILES string of the molecule is CCN1CC(=O)N(CC(CC)(CC)CCCCOCCCCC(CC)(CC)CCCO)C1=O. The predicted octanol–water partition coefficient (Wildman–Crippen LogP) is 6.01. The highest BCUT2D eigenvalue weighted by molar-refractivity contribution is 6.02. The maximum Gasteiger partial charge on any atom is 0.327 e. The van der Waals surface area contributed by atoms with Crippen LogP contribution in [0.1, 0.15) is 112 Å². The van der Waals surface area contributed by atoms with Crippen molar-refractivity contribution in [1.29, 1.82) is 0 Å². The first-order chi connectivity index (χ1) is 15.9. The Kier molecular flexibility index (Phi) is 14.2. The molecule has 0 unspecified atom stereocenters. The normalized spacial score (nSPS) is 15.2. The van der Waals surface area contributed by atoms with Gasteiger partial charge in [-0.25, -0.2) is 4.79 Å². The summed E-state index contributed by atoms with van der Waals surface area (Å²) in [5, 5.41) is 9.18. The number of unbranched alkanes of at least 4 members (excludes halogenated alkanes) is 2. The number of hydrogen-bond donors (Lipinski definition) is 1. The van der Waals surface area contributed by atoms with Gasteiger partial charge < -0.3 is 14.7 Å². The van der Waals surface area contributed by atoms with Crippen LogP contribution < -0.4 is 0 Å². The number of carbonyl (C=O) groups excluding carboxylic acids is 2. The quantitative estimate of drug-likeness (QED) is 0.175. The van der Waals surface area contributed by atoms with Crippen LogP contribution in [0.5, 0.6) is 0 Å². The Morgan fingerprint density at radius 2 is 1.30 bits per heavy atom. The van der Waals surface area contributed by atoms with E-state index >= 15 is 0 Å². The fraction of sp³-hybridized carbons (Fsp3) is 0.926. The van der Waals surface area contributed by atoms with Crippen molar-refractivity contribution in [2.45, 2.75) is 112 Å². The molecule has 0 aromatic rings. The van der Waals surface area contributed by atoms with E-state index < -0.39 is 0 Å². The number of carbonyl (C=O) groups is 2. The molecule has 1 aliphatic rings. The standard InChI is InChI=1S/C27H52N2O4/c1-6-26(7-2,18-15-19-30)16-11-13-20-33-21-14-12-17-27(8-3,9-4)23-29-24(31)22-28(10-5)25(29)32/h30H,6-23H2,1-5H3. The molecule has 6 nitrogen and oxygen atoms in total. The van der Waals surface area contributed by atoms with Crippen LogP contribution in [-0.2, 0) is 9.53 Å². The number of aliphatic hydroxyl groups is 1. The van der Waals surface area contributed by atoms with E-state index in [1.54, 1.807) is 4.90 Å². The van der Waals surface area contributed by atoms with Gasteiger partial charge in [-0.2, -0.15) is 0 Å². The Morgan fingerprint density at radius 1 is 0.788 bits per heavy atom. The Balaban J connectivity index is 2.30. The van der Waals surface area contributed by atoms with Gasteiger partial charge in [0, 0.05) is 32.9 Å². The minimum atomic E-state index is -0.122. The number of urea groups is 1. The van der Waals surface area contributed by atoms with E-state index in [-0.39, 0.29) is 23.9 Å². The van der Waals surface area contributed by atoms with Gasteiger partial charge in [0.05, 0.1) is 0 Å². The molecule has 3 amide bonds. The maximum absolute atomic E-state index is 12.5. The summed E-state index contributed by atoms with van der Waals surface area (Å²) in [6.07, 6.45) is 13.0. The van der Waals surface area contributed by atoms with E-state index in [1.807, 2.05) is 6.92 Å². The molecule has 1 heterocycles. The van der Waals surface area contributed by atoms with E-state index in [1.165, 1.54) is 30.6 Å². The number of likely N-dealkylation sites (N-methyl/N-ethyl adjacent to an activating group) is 1. The minimum absolute atomic E-state index is 0.00722. The molecule has 6 heteroatoms. The molecule has 1 fully saturated rings. The lowest BCUT2D eigenvalue weighted by atomic mass is 9.74. The van der Waals surface area contributed by atoms with Crippen LogP contribution in [-0.4, -0.2) is 66.3 Å². The zero-order valence-electron chi connectivity index (χ0n) is 22.3. The van der Waals surface area contributed by atoms with Gasteiger partial charge in [-0.15, -0.1) is 0 Å². The summed E-state index contributed by atoms with van der Waals surface area (Å²) < 4.78 is 5.91. The number of imide groups is 1. The smallest absolute Gasteiger partial charge is 0.327 e. The zero-order valence-corrected chi connectivity index (χ0v) is 22.3. The highest BCUT2D eigenvalue weighted by Gasteiger charge is 2.40. The second-order valence-electron chi connectivity index (χ2n) is 10.0. The van der Waals surface area contributed by atoms with E-state index in [0.29, 0.717) is 25.1 Å². The Labute approximate surface area is 203 Å². The number of amides is 3. The Morgan fingerprint density at radius 3 is 1.76 bits per heavy atom. The lowest BCUT2D eigenvalue weighted by Gasteiger charge is -2.35. The third-order valence-corrected chi connectivity index (χ3v) is 8.36. The van der Waals surface area contributed by atoms with Gasteiger partial charge >= 0.3 is 6.03 Å². The van der Waals surface area contributed by atoms with Crippen molar-refractivity contribution in [3.63, 3.8) is 0 Å². The second kappa shape index (κ2) is 15.7. The fourth-order valence-corrected chi connectivity index (χ4v) is 5.28. The van der Waals surface area contributed by atoms with Gasteiger partial charge in [0.25, 0.3) is 0 Å². The summed E-state index contributed by atoms with van der Waals surface area (Å²) in [6, 6.07) is -0.122. The molecule has 0 radical (unpaired) electrons. The first-order valence-corrected chi connectivity index (χ1v) is 13.6. The van der Waals surface area contributed by atoms with Crippen LogP contribution in [0.25, 0.3) is 0 Å². The number of nitrogens with zero attached hydrogens (tertiary/aromatic N) is 2. The molecular weight excluding hydrogens is 416 g/mol. The summed E-state index contributed by atoms with van der Waals surface area (Å²) in [6.45, 7) is 14.1. The minimum Gasteiger partial charge on any atom is -0.396 e. The number of hydrogen-bond acceptors (Lipinski definition) is 4. The van der Waals surface area contributed by atoms with Crippen molar-refractivity contribution in [2.24, 2.45) is 10.8 Å². The van der Waals surface area contributed by atoms with Crippen LogP contribution in [0.2, 0.25) is 0 Å². The molecule has 0 aromatic heterocycles. The molecule has 1 N–H and O–H groups in total. The van der Waals surface area contributed by atoms with Crippen LogP contribution >= 0.6 is 0 Å². The maximum atomic E-state index is 12.5. The summed E-state index contributed by atoms with van der Waals surface area (Å²) in [4.78, 5) is 28.0.